The zero-order chi connectivity index (χ0) is 19.1. The first kappa shape index (κ1) is 18.9. The van der Waals surface area contributed by atoms with Crippen molar-refractivity contribution in [1.82, 2.24) is 10.2 Å². The normalized spacial score (nSPS) is 15.7. The summed E-state index contributed by atoms with van der Waals surface area (Å²) in [5.74, 6) is -0.00649. The fraction of sp³-hybridized carbons (Fsp3) is 0.368. The molecule has 0 bridgehead atoms. The number of hydrogen-bond acceptors (Lipinski definition) is 6. The van der Waals surface area contributed by atoms with Crippen LogP contribution in [0.2, 0.25) is 0 Å². The van der Waals surface area contributed by atoms with Crippen LogP contribution < -0.4 is 15.4 Å². The number of rotatable bonds is 6. The molecule has 1 aliphatic heterocycles. The Labute approximate surface area is 157 Å². The van der Waals surface area contributed by atoms with Crippen molar-refractivity contribution in [3.8, 4) is 5.75 Å². The zero-order valence-corrected chi connectivity index (χ0v) is 15.1. The summed E-state index contributed by atoms with van der Waals surface area (Å²) in [6.07, 6.45) is 1.60. The molecule has 1 saturated heterocycles. The lowest BCUT2D eigenvalue weighted by molar-refractivity contribution is -0.136. The molecule has 2 heterocycles. The van der Waals surface area contributed by atoms with E-state index in [1.165, 1.54) is 0 Å². The van der Waals surface area contributed by atoms with E-state index in [0.29, 0.717) is 24.7 Å². The molecule has 3 rings (SSSR count). The minimum Gasteiger partial charge on any atom is -0.497 e. The first-order chi connectivity index (χ1) is 13.2. The van der Waals surface area contributed by atoms with Crippen molar-refractivity contribution < 1.29 is 23.5 Å². The number of anilines is 1. The Hall–Kier alpha value is -2.84. The summed E-state index contributed by atoms with van der Waals surface area (Å²) in [4.78, 5) is 26.5. The van der Waals surface area contributed by atoms with Crippen molar-refractivity contribution in [1.29, 1.82) is 0 Å². The van der Waals surface area contributed by atoms with Gasteiger partial charge in [0.25, 0.3) is 0 Å². The third-order valence-electron chi connectivity index (χ3n) is 4.37. The van der Waals surface area contributed by atoms with Gasteiger partial charge >= 0.3 is 11.8 Å². The maximum Gasteiger partial charge on any atom is 0.313 e. The molecule has 0 saturated carbocycles. The van der Waals surface area contributed by atoms with Gasteiger partial charge in [-0.05, 0) is 36.4 Å². The summed E-state index contributed by atoms with van der Waals surface area (Å²) in [5, 5.41) is 5.26. The van der Waals surface area contributed by atoms with Gasteiger partial charge in [-0.1, -0.05) is 0 Å². The minimum absolute atomic E-state index is 0.151. The van der Waals surface area contributed by atoms with Crippen molar-refractivity contribution >= 4 is 17.5 Å². The van der Waals surface area contributed by atoms with E-state index >= 15 is 0 Å². The Morgan fingerprint density at radius 1 is 1.15 bits per heavy atom. The Bertz CT molecular complexity index is 739. The first-order valence-electron chi connectivity index (χ1n) is 8.76. The summed E-state index contributed by atoms with van der Waals surface area (Å²) >= 11 is 0. The van der Waals surface area contributed by atoms with Gasteiger partial charge in [-0.3, -0.25) is 14.5 Å². The summed E-state index contributed by atoms with van der Waals surface area (Å²) in [5.41, 5.74) is 0.520. The maximum atomic E-state index is 12.2. The summed E-state index contributed by atoms with van der Waals surface area (Å²) in [7, 11) is 1.56. The average molecular weight is 373 g/mol. The second-order valence-electron chi connectivity index (χ2n) is 6.07. The number of nitrogens with one attached hydrogen (secondary N) is 2. The van der Waals surface area contributed by atoms with E-state index in [2.05, 4.69) is 15.5 Å². The lowest BCUT2D eigenvalue weighted by Crippen LogP contribution is -2.45. The molecule has 0 aliphatic carbocycles. The van der Waals surface area contributed by atoms with E-state index in [0.717, 1.165) is 18.8 Å². The van der Waals surface area contributed by atoms with Crippen LogP contribution in [-0.2, 0) is 14.3 Å². The van der Waals surface area contributed by atoms with Gasteiger partial charge in [-0.25, -0.2) is 0 Å². The van der Waals surface area contributed by atoms with Crippen LogP contribution in [0, 0.1) is 0 Å². The second kappa shape index (κ2) is 9.20. The molecule has 0 spiro atoms. The van der Waals surface area contributed by atoms with Crippen LogP contribution in [0.3, 0.4) is 0 Å². The standard InChI is InChI=1S/C19H23N3O5/c1-25-15-6-4-14(5-7-15)21-19(24)18(23)20-13-16(17-3-2-10-27-17)22-8-11-26-12-9-22/h2-7,10,16H,8-9,11-13H2,1H3,(H,20,23)(H,21,24). The number of morpholine rings is 1. The Morgan fingerprint density at radius 3 is 2.52 bits per heavy atom. The lowest BCUT2D eigenvalue weighted by atomic mass is 10.1. The SMILES string of the molecule is COc1ccc(NC(=O)C(=O)NCC(c2ccco2)N2CCOCC2)cc1. The Balaban J connectivity index is 1.57. The van der Waals surface area contributed by atoms with E-state index in [4.69, 9.17) is 13.9 Å². The highest BCUT2D eigenvalue weighted by atomic mass is 16.5. The van der Waals surface area contributed by atoms with E-state index in [1.54, 1.807) is 43.7 Å². The number of carbonyl (C=O) groups excluding carboxylic acids is 2. The van der Waals surface area contributed by atoms with Crippen LogP contribution in [0.5, 0.6) is 5.75 Å². The molecule has 1 atom stereocenters. The molecule has 2 amide bonds. The Kier molecular flexibility index (Phi) is 6.45. The number of nitrogens with zero attached hydrogens (tertiary/aromatic N) is 1. The van der Waals surface area contributed by atoms with E-state index in [1.807, 2.05) is 6.07 Å². The third kappa shape index (κ3) is 5.08. The number of hydrogen-bond donors (Lipinski definition) is 2. The van der Waals surface area contributed by atoms with E-state index in [9.17, 15) is 9.59 Å². The fourth-order valence-corrected chi connectivity index (χ4v) is 2.91. The van der Waals surface area contributed by atoms with Gasteiger partial charge in [-0.2, -0.15) is 0 Å². The highest BCUT2D eigenvalue weighted by Crippen LogP contribution is 2.21. The van der Waals surface area contributed by atoms with Crippen LogP contribution in [0.1, 0.15) is 11.8 Å². The average Bonchev–Trinajstić information content (AvgIpc) is 3.24. The van der Waals surface area contributed by atoms with Gasteiger partial charge in [0.2, 0.25) is 0 Å². The first-order valence-corrected chi connectivity index (χ1v) is 8.76. The highest BCUT2D eigenvalue weighted by Gasteiger charge is 2.26. The van der Waals surface area contributed by atoms with Crippen LogP contribution in [0.15, 0.2) is 47.1 Å². The van der Waals surface area contributed by atoms with Gasteiger partial charge in [0.05, 0.1) is 32.6 Å². The molecular weight excluding hydrogens is 350 g/mol. The molecule has 0 radical (unpaired) electrons. The van der Waals surface area contributed by atoms with Gasteiger partial charge in [0.15, 0.2) is 0 Å². The monoisotopic (exact) mass is 373 g/mol. The number of amides is 2. The van der Waals surface area contributed by atoms with Gasteiger partial charge < -0.3 is 24.5 Å². The van der Waals surface area contributed by atoms with Crippen LogP contribution >= 0.6 is 0 Å². The number of carbonyl (C=O) groups is 2. The molecule has 27 heavy (non-hydrogen) atoms. The number of methoxy groups -OCH3 is 1. The predicted octanol–water partition coefficient (Wildman–Crippen LogP) is 1.42. The maximum absolute atomic E-state index is 12.2. The van der Waals surface area contributed by atoms with Crippen LogP contribution in [-0.4, -0.2) is 56.7 Å². The fourth-order valence-electron chi connectivity index (χ4n) is 2.91. The zero-order valence-electron chi connectivity index (χ0n) is 15.1. The molecule has 1 aromatic carbocycles. The predicted molar refractivity (Wildman–Crippen MR) is 98.5 cm³/mol. The smallest absolute Gasteiger partial charge is 0.313 e. The van der Waals surface area contributed by atoms with Crippen molar-refractivity contribution in [2.24, 2.45) is 0 Å². The minimum atomic E-state index is -0.722. The summed E-state index contributed by atoms with van der Waals surface area (Å²) in [6.45, 7) is 2.99. The van der Waals surface area contributed by atoms with Crippen LogP contribution in [0.4, 0.5) is 5.69 Å². The van der Waals surface area contributed by atoms with Crippen molar-refractivity contribution in [3.05, 3.63) is 48.4 Å². The van der Waals surface area contributed by atoms with Gasteiger partial charge in [0, 0.05) is 25.3 Å². The Morgan fingerprint density at radius 2 is 1.89 bits per heavy atom. The summed E-state index contributed by atoms with van der Waals surface area (Å²) in [6, 6.07) is 10.3. The molecule has 1 fully saturated rings. The molecule has 2 aromatic rings. The largest absolute Gasteiger partial charge is 0.497 e. The van der Waals surface area contributed by atoms with Crippen molar-refractivity contribution in [2.45, 2.75) is 6.04 Å². The molecule has 1 aliphatic rings. The van der Waals surface area contributed by atoms with E-state index in [-0.39, 0.29) is 12.6 Å². The summed E-state index contributed by atoms with van der Waals surface area (Å²) < 4.78 is 16.0. The molecule has 144 valence electrons. The van der Waals surface area contributed by atoms with Crippen molar-refractivity contribution in [2.75, 3.05) is 45.3 Å². The van der Waals surface area contributed by atoms with Gasteiger partial charge in [0.1, 0.15) is 11.5 Å². The van der Waals surface area contributed by atoms with Gasteiger partial charge in [-0.15, -0.1) is 0 Å². The second-order valence-corrected chi connectivity index (χ2v) is 6.07. The quantitative estimate of drug-likeness (QED) is 0.744. The third-order valence-corrected chi connectivity index (χ3v) is 4.37. The molecular formula is C19H23N3O5. The molecule has 8 heteroatoms. The molecule has 1 aromatic heterocycles. The number of ether oxygens (including phenoxy) is 2. The number of furan rings is 1. The van der Waals surface area contributed by atoms with Crippen molar-refractivity contribution in [3.63, 3.8) is 0 Å². The molecule has 1 unspecified atom stereocenters. The molecule has 2 N–H and O–H groups in total. The highest BCUT2D eigenvalue weighted by molar-refractivity contribution is 6.39. The lowest BCUT2D eigenvalue weighted by Gasteiger charge is -2.33. The molecule has 8 nitrogen and oxygen atoms in total. The number of benzene rings is 1. The van der Waals surface area contributed by atoms with Crippen LogP contribution in [0.25, 0.3) is 0 Å². The topological polar surface area (TPSA) is 93.0 Å². The van der Waals surface area contributed by atoms with E-state index < -0.39 is 11.8 Å².